The van der Waals surface area contributed by atoms with Crippen LogP contribution >= 0.6 is 0 Å². The zero-order valence-corrected chi connectivity index (χ0v) is 13.2. The number of benzene rings is 1. The van der Waals surface area contributed by atoms with Crippen LogP contribution in [0, 0.1) is 26.9 Å². The molecule has 2 aliphatic rings. The molecule has 2 atom stereocenters. The average Bonchev–Trinajstić information content (AvgIpc) is 2.81. The first-order valence-corrected chi connectivity index (χ1v) is 7.69. The molecule has 0 saturated heterocycles. The summed E-state index contributed by atoms with van der Waals surface area (Å²) in [5.74, 6) is 0.714. The molecule has 0 spiro atoms. The van der Waals surface area contributed by atoms with Gasteiger partial charge in [0.05, 0.1) is 11.1 Å². The van der Waals surface area contributed by atoms with E-state index in [2.05, 4.69) is 31.0 Å². The van der Waals surface area contributed by atoms with Crippen LogP contribution in [0.4, 0.5) is 5.69 Å². The Labute approximate surface area is 130 Å². The minimum Gasteiger partial charge on any atom is -0.258 e. The largest absolute Gasteiger partial charge is 0.269 e. The first kappa shape index (κ1) is 14.9. The van der Waals surface area contributed by atoms with Gasteiger partial charge in [-0.2, -0.15) is 10.2 Å². The summed E-state index contributed by atoms with van der Waals surface area (Å²) in [5.41, 5.74) is 2.57. The molecule has 2 saturated carbocycles. The van der Waals surface area contributed by atoms with E-state index >= 15 is 0 Å². The third kappa shape index (κ3) is 2.16. The van der Waals surface area contributed by atoms with Gasteiger partial charge in [0.15, 0.2) is 0 Å². The molecule has 2 unspecified atom stereocenters. The summed E-state index contributed by atoms with van der Waals surface area (Å²) in [5, 5.41) is 19.3. The molecule has 0 amide bonds. The summed E-state index contributed by atoms with van der Waals surface area (Å²) < 4.78 is 0. The SMILES string of the molecule is CC12CCC(C/C1=N\N=C\c1ccc([N+](=O)[O-])cc1)C2(C)C. The molecule has 2 fully saturated rings. The lowest BCUT2D eigenvalue weighted by molar-refractivity contribution is -0.384. The summed E-state index contributed by atoms with van der Waals surface area (Å²) in [4.78, 5) is 10.2. The molecule has 0 heterocycles. The van der Waals surface area contributed by atoms with Crippen LogP contribution in [0.5, 0.6) is 0 Å². The van der Waals surface area contributed by atoms with Crippen LogP contribution in [0.15, 0.2) is 34.5 Å². The second-order valence-corrected chi connectivity index (χ2v) is 7.13. The van der Waals surface area contributed by atoms with Gasteiger partial charge in [0.2, 0.25) is 0 Å². The van der Waals surface area contributed by atoms with Gasteiger partial charge in [0.25, 0.3) is 5.69 Å². The second kappa shape index (κ2) is 5.00. The molecule has 1 aromatic carbocycles. The molecule has 0 aliphatic heterocycles. The molecule has 0 aromatic heterocycles. The molecular weight excluding hydrogens is 278 g/mol. The molecule has 3 rings (SSSR count). The normalized spacial score (nSPS) is 31.2. The number of nitro groups is 1. The first-order chi connectivity index (χ1) is 10.3. The van der Waals surface area contributed by atoms with E-state index in [-0.39, 0.29) is 11.1 Å². The highest BCUT2D eigenvalue weighted by Crippen LogP contribution is 2.63. The Balaban J connectivity index is 1.76. The molecule has 5 heteroatoms. The van der Waals surface area contributed by atoms with E-state index in [9.17, 15) is 10.1 Å². The Morgan fingerprint density at radius 3 is 2.45 bits per heavy atom. The van der Waals surface area contributed by atoms with E-state index in [0.717, 1.165) is 12.0 Å². The maximum absolute atomic E-state index is 10.6. The van der Waals surface area contributed by atoms with Crippen LogP contribution in [-0.4, -0.2) is 16.8 Å². The van der Waals surface area contributed by atoms with Crippen molar-refractivity contribution in [1.82, 2.24) is 0 Å². The van der Waals surface area contributed by atoms with Crippen molar-refractivity contribution in [3.63, 3.8) is 0 Å². The van der Waals surface area contributed by atoms with Gasteiger partial charge in [-0.25, -0.2) is 0 Å². The summed E-state index contributed by atoms with van der Waals surface area (Å²) >= 11 is 0. The van der Waals surface area contributed by atoms with Crippen LogP contribution in [0.2, 0.25) is 0 Å². The molecule has 2 aliphatic carbocycles. The van der Waals surface area contributed by atoms with Crippen LogP contribution < -0.4 is 0 Å². The first-order valence-electron chi connectivity index (χ1n) is 7.69. The molecule has 5 nitrogen and oxygen atoms in total. The van der Waals surface area contributed by atoms with E-state index in [1.54, 1.807) is 18.3 Å². The number of rotatable bonds is 3. The van der Waals surface area contributed by atoms with Crippen molar-refractivity contribution < 1.29 is 4.92 Å². The monoisotopic (exact) mass is 299 g/mol. The van der Waals surface area contributed by atoms with E-state index in [1.807, 2.05) is 0 Å². The lowest BCUT2D eigenvalue weighted by Crippen LogP contribution is -2.32. The number of hydrogen-bond acceptors (Lipinski definition) is 4. The molecular formula is C17H21N3O2. The number of nitrogens with zero attached hydrogens (tertiary/aromatic N) is 3. The van der Waals surface area contributed by atoms with Crippen molar-refractivity contribution in [1.29, 1.82) is 0 Å². The van der Waals surface area contributed by atoms with E-state index < -0.39 is 4.92 Å². The Hall–Kier alpha value is -2.04. The fourth-order valence-electron chi connectivity index (χ4n) is 3.93. The summed E-state index contributed by atoms with van der Waals surface area (Å²) in [7, 11) is 0. The van der Waals surface area contributed by atoms with Crippen LogP contribution in [0.1, 0.15) is 45.6 Å². The average molecular weight is 299 g/mol. The van der Waals surface area contributed by atoms with Gasteiger partial charge in [-0.05, 0) is 48.3 Å². The third-order valence-corrected chi connectivity index (χ3v) is 6.00. The van der Waals surface area contributed by atoms with Gasteiger partial charge in [-0.15, -0.1) is 0 Å². The summed E-state index contributed by atoms with van der Waals surface area (Å²) in [6.07, 6.45) is 5.19. The fraction of sp³-hybridized carbons (Fsp3) is 0.529. The maximum Gasteiger partial charge on any atom is 0.269 e. The quantitative estimate of drug-likeness (QED) is 0.476. The highest BCUT2D eigenvalue weighted by molar-refractivity contribution is 5.94. The molecule has 116 valence electrons. The van der Waals surface area contributed by atoms with E-state index in [4.69, 9.17) is 0 Å². The highest BCUT2D eigenvalue weighted by atomic mass is 16.6. The van der Waals surface area contributed by atoms with Crippen molar-refractivity contribution in [3.8, 4) is 0 Å². The standard InChI is InChI=1S/C17H21N3O2/c1-16(2)13-8-9-17(16,3)15(10-13)19-18-11-12-4-6-14(7-5-12)20(21)22/h4-7,11,13H,8-10H2,1-3H3/b18-11+,19-15+. The van der Waals surface area contributed by atoms with Gasteiger partial charge >= 0.3 is 0 Å². The van der Waals surface area contributed by atoms with Crippen molar-refractivity contribution in [2.24, 2.45) is 27.0 Å². The molecule has 2 bridgehead atoms. The van der Waals surface area contributed by atoms with Gasteiger partial charge < -0.3 is 0 Å². The highest BCUT2D eigenvalue weighted by Gasteiger charge is 2.59. The zero-order chi connectivity index (χ0) is 16.0. The van der Waals surface area contributed by atoms with Crippen molar-refractivity contribution in [2.75, 3.05) is 0 Å². The van der Waals surface area contributed by atoms with Gasteiger partial charge in [-0.1, -0.05) is 20.8 Å². The predicted molar refractivity (Wildman–Crippen MR) is 87.4 cm³/mol. The maximum atomic E-state index is 10.6. The van der Waals surface area contributed by atoms with E-state index in [0.29, 0.717) is 11.3 Å². The molecule has 0 N–H and O–H groups in total. The number of nitro benzene ring substituents is 1. The van der Waals surface area contributed by atoms with Crippen LogP contribution in [0.25, 0.3) is 0 Å². The fourth-order valence-corrected chi connectivity index (χ4v) is 3.93. The number of non-ortho nitro benzene ring substituents is 1. The Morgan fingerprint density at radius 2 is 1.95 bits per heavy atom. The minimum absolute atomic E-state index is 0.0887. The minimum atomic E-state index is -0.403. The Bertz CT molecular complexity index is 661. The van der Waals surface area contributed by atoms with Gasteiger partial charge in [0.1, 0.15) is 0 Å². The number of fused-ring (bicyclic) bond motifs is 2. The third-order valence-electron chi connectivity index (χ3n) is 6.00. The zero-order valence-electron chi connectivity index (χ0n) is 13.2. The van der Waals surface area contributed by atoms with Crippen LogP contribution in [0.3, 0.4) is 0 Å². The predicted octanol–water partition coefficient (Wildman–Crippen LogP) is 4.22. The van der Waals surface area contributed by atoms with Gasteiger partial charge in [0, 0.05) is 23.3 Å². The summed E-state index contributed by atoms with van der Waals surface area (Å²) in [6, 6.07) is 6.34. The van der Waals surface area contributed by atoms with Crippen molar-refractivity contribution >= 4 is 17.6 Å². The topological polar surface area (TPSA) is 67.9 Å². The smallest absolute Gasteiger partial charge is 0.258 e. The lowest BCUT2D eigenvalue weighted by atomic mass is 9.70. The molecule has 22 heavy (non-hydrogen) atoms. The number of hydrogen-bond donors (Lipinski definition) is 0. The van der Waals surface area contributed by atoms with Crippen LogP contribution in [-0.2, 0) is 0 Å². The molecule has 0 radical (unpaired) electrons. The van der Waals surface area contributed by atoms with E-state index in [1.165, 1.54) is 30.7 Å². The van der Waals surface area contributed by atoms with Gasteiger partial charge in [-0.3, -0.25) is 10.1 Å². The Kier molecular flexibility index (Phi) is 3.38. The van der Waals surface area contributed by atoms with Crippen molar-refractivity contribution in [3.05, 3.63) is 39.9 Å². The molecule has 1 aromatic rings. The Morgan fingerprint density at radius 1 is 1.27 bits per heavy atom. The summed E-state index contributed by atoms with van der Waals surface area (Å²) in [6.45, 7) is 6.99. The van der Waals surface area contributed by atoms with Crippen molar-refractivity contribution in [2.45, 2.75) is 40.0 Å². The second-order valence-electron chi connectivity index (χ2n) is 7.13. The lowest BCUT2D eigenvalue weighted by Gasteiger charge is -2.34.